The van der Waals surface area contributed by atoms with Crippen LogP contribution in [0.25, 0.3) is 182 Å². The maximum Gasteiger partial charge on any atom is 0.255 e. The molecule has 10 heterocycles. The van der Waals surface area contributed by atoms with Crippen molar-refractivity contribution in [3.05, 3.63) is 359 Å². The average Bonchev–Trinajstić information content (AvgIpc) is 1.33. The van der Waals surface area contributed by atoms with Crippen molar-refractivity contribution in [2.45, 2.75) is 26.2 Å². The van der Waals surface area contributed by atoms with Crippen LogP contribution in [0.4, 0.5) is 11.4 Å². The minimum absolute atomic E-state index is 0.299. The molecule has 4 aliphatic rings. The fourth-order valence-corrected chi connectivity index (χ4v) is 15.8. The van der Waals surface area contributed by atoms with Crippen LogP contribution in [-0.2, 0) is 5.41 Å². The molecular weight excluding hydrogens is 1370 g/mol. The maximum atomic E-state index is 15.6. The summed E-state index contributed by atoms with van der Waals surface area (Å²) in [4.78, 5) is 68.9. The molecule has 16 bridgehead atoms. The highest BCUT2D eigenvalue weighted by atomic mass is 16.2. The third-order valence-electron chi connectivity index (χ3n) is 21.1. The molecule has 0 unspecified atom stereocenters. The predicted octanol–water partition coefficient (Wildman–Crippen LogP) is 24.8. The number of hydrogen-bond acceptors (Lipinski definition) is 6. The fraction of sp³-hybridized carbons (Fsp3) is 0.0400. The van der Waals surface area contributed by atoms with Gasteiger partial charge in [0.25, 0.3) is 11.8 Å². The summed E-state index contributed by atoms with van der Waals surface area (Å²) in [5.74, 6) is -0.813. The van der Waals surface area contributed by atoms with Gasteiger partial charge in [0.05, 0.1) is 45.6 Å². The number of nitrogens with zero attached hydrogens (tertiary/aromatic N) is 4. The van der Waals surface area contributed by atoms with Gasteiger partial charge in [-0.05, 0) is 172 Å². The Kier molecular flexibility index (Phi) is 17.1. The molecule has 0 saturated carbocycles. The van der Waals surface area contributed by atoms with Gasteiger partial charge in [-0.15, -0.1) is 0 Å². The topological polar surface area (TPSA) is 173 Å². The molecule has 12 nitrogen and oxygen atoms in total. The standard InChI is InChI=1S/C100H72N10O2/c1-100(2,3)69-59-67(98(111)109-72-40-24-22-38-70(72)96-86-54-50-82(105-86)92(63-30-14-6-15-31-63)78-46-42-74(101-78)90(61-26-10-4-11-27-61)75-43-47-79(102-75)93(64-32-16-7-17-33-64)83-51-55-87(96)106-83)58-68(60-69)99(112)110-73-41-25-23-39-71(73)97-88-56-52-84(107-88)94(65-34-18-8-19-35-65)80-48-44-76(103-80)91(62-28-12-5-13-29-62)77-45-49-81(104-77)95(66-36-20-9-21-37-66)85-53-57-89(97)108-85/h4-60,101,103,106,108H,1-3H3,(H,109,111)(H,110,112). The van der Waals surface area contributed by atoms with Crippen LogP contribution in [0.1, 0.15) is 92.6 Å². The summed E-state index contributed by atoms with van der Waals surface area (Å²) in [6, 6.07) is 100. The highest BCUT2D eigenvalue weighted by Gasteiger charge is 2.27. The van der Waals surface area contributed by atoms with E-state index in [1.807, 2.05) is 146 Å². The molecule has 6 N–H and O–H groups in total. The second kappa shape index (κ2) is 28.4. The van der Waals surface area contributed by atoms with E-state index in [9.17, 15) is 0 Å². The first-order valence-electron chi connectivity index (χ1n) is 37.6. The van der Waals surface area contributed by atoms with E-state index in [0.29, 0.717) is 45.0 Å². The van der Waals surface area contributed by atoms with Crippen LogP contribution in [0.15, 0.2) is 297 Å². The zero-order valence-corrected chi connectivity index (χ0v) is 61.5. The fourth-order valence-electron chi connectivity index (χ4n) is 15.8. The van der Waals surface area contributed by atoms with E-state index >= 15 is 9.59 Å². The van der Waals surface area contributed by atoms with Crippen molar-refractivity contribution in [3.63, 3.8) is 0 Å². The molecule has 112 heavy (non-hydrogen) atoms. The number of aromatic amines is 4. The van der Waals surface area contributed by atoms with Gasteiger partial charge in [-0.3, -0.25) is 9.59 Å². The largest absolute Gasteiger partial charge is 0.354 e. The molecule has 0 saturated heterocycles. The van der Waals surface area contributed by atoms with Crippen LogP contribution < -0.4 is 10.6 Å². The number of carbonyl (C=O) groups is 2. The highest BCUT2D eigenvalue weighted by molar-refractivity contribution is 6.13. The van der Waals surface area contributed by atoms with Crippen LogP contribution in [0.5, 0.6) is 0 Å². The number of nitrogens with one attached hydrogen (secondary N) is 6. The van der Waals surface area contributed by atoms with Crippen molar-refractivity contribution < 1.29 is 9.59 Å². The Balaban J connectivity index is 0.742. The maximum absolute atomic E-state index is 15.6. The average molecular weight is 1450 g/mol. The molecule has 12 heteroatoms. The minimum atomic E-state index is -0.497. The summed E-state index contributed by atoms with van der Waals surface area (Å²) >= 11 is 0. The number of anilines is 2. The molecule has 0 spiro atoms. The summed E-state index contributed by atoms with van der Waals surface area (Å²) in [6.45, 7) is 6.25. The van der Waals surface area contributed by atoms with Gasteiger partial charge in [0.1, 0.15) is 0 Å². The molecule has 0 aliphatic carbocycles. The van der Waals surface area contributed by atoms with Crippen molar-refractivity contribution in [1.29, 1.82) is 0 Å². The van der Waals surface area contributed by atoms with E-state index in [1.165, 1.54) is 0 Å². The summed E-state index contributed by atoms with van der Waals surface area (Å²) < 4.78 is 0. The normalized spacial score (nSPS) is 12.2. The molecule has 2 amide bonds. The van der Waals surface area contributed by atoms with Gasteiger partial charge in [0, 0.05) is 122 Å². The molecule has 19 rings (SSSR count). The number of fused-ring (bicyclic) bond motifs is 16. The van der Waals surface area contributed by atoms with Crippen LogP contribution in [0.3, 0.4) is 0 Å². The van der Waals surface area contributed by atoms with E-state index < -0.39 is 17.2 Å². The smallest absolute Gasteiger partial charge is 0.255 e. The molecule has 0 atom stereocenters. The van der Waals surface area contributed by atoms with Gasteiger partial charge in [0.2, 0.25) is 0 Å². The number of carbonyl (C=O) groups excluding carboxylic acids is 2. The minimum Gasteiger partial charge on any atom is -0.354 e. The Bertz CT molecular complexity index is 6320. The summed E-state index contributed by atoms with van der Waals surface area (Å²) in [5, 5.41) is 6.75. The lowest BCUT2D eigenvalue weighted by molar-refractivity contribution is 0.102. The predicted molar refractivity (Wildman–Crippen MR) is 462 cm³/mol. The molecule has 534 valence electrons. The van der Waals surface area contributed by atoms with Crippen LogP contribution in [0.2, 0.25) is 0 Å². The number of amides is 2. The summed E-state index contributed by atoms with van der Waals surface area (Å²) in [7, 11) is 0. The van der Waals surface area contributed by atoms with Crippen LogP contribution >= 0.6 is 0 Å². The van der Waals surface area contributed by atoms with Crippen molar-refractivity contribution in [2.75, 3.05) is 10.6 Å². The van der Waals surface area contributed by atoms with E-state index in [0.717, 1.165) is 162 Å². The second-order valence-corrected chi connectivity index (χ2v) is 29.2. The Morgan fingerprint density at radius 3 is 0.688 bits per heavy atom. The first-order chi connectivity index (χ1) is 55.0. The Labute approximate surface area is 646 Å². The molecule has 6 aromatic heterocycles. The molecule has 4 aliphatic heterocycles. The van der Waals surface area contributed by atoms with Gasteiger partial charge in [-0.2, -0.15) is 0 Å². The van der Waals surface area contributed by atoms with Crippen LogP contribution in [0, 0.1) is 0 Å². The van der Waals surface area contributed by atoms with Gasteiger partial charge < -0.3 is 30.6 Å². The third kappa shape index (κ3) is 12.7. The first-order valence-corrected chi connectivity index (χ1v) is 37.6. The quantitative estimate of drug-likeness (QED) is 0.0710. The van der Waals surface area contributed by atoms with Crippen LogP contribution in [-0.4, -0.2) is 51.7 Å². The van der Waals surface area contributed by atoms with E-state index in [4.69, 9.17) is 19.9 Å². The molecular formula is C100H72N10O2. The van der Waals surface area contributed by atoms with Crippen molar-refractivity contribution in [1.82, 2.24) is 39.9 Å². The Morgan fingerprint density at radius 1 is 0.250 bits per heavy atom. The molecule has 15 aromatic rings. The SMILES string of the molecule is CC(C)(C)c1cc(C(=O)Nc2ccccc2-c2c3nc(c(-c4ccccc4)c4ccc([nH]4)c(-c4ccccc4)c4nc(c(-c5ccccc5)c5ccc2[nH]5)C=C4)C=C3)cc(C(=O)Nc2ccccc2-c2c3nc(c(-c4ccccc4)c4ccc([nH]4)c(-c4ccccc4)c4nc(c(-c5ccccc5)c5ccc2[nH]5)C=C4)C=C3)c1. The number of para-hydroxylation sites is 2. The number of rotatable bonds is 12. The third-order valence-corrected chi connectivity index (χ3v) is 21.1. The lowest BCUT2D eigenvalue weighted by Gasteiger charge is -2.21. The Hall–Kier alpha value is -14.9. The number of H-pyrrole nitrogens is 4. The zero-order chi connectivity index (χ0) is 75.4. The van der Waals surface area contributed by atoms with Gasteiger partial charge >= 0.3 is 0 Å². The summed E-state index contributed by atoms with van der Waals surface area (Å²) in [5.41, 5.74) is 29.4. The van der Waals surface area contributed by atoms with Gasteiger partial charge in [-0.1, -0.05) is 239 Å². The Morgan fingerprint density at radius 2 is 0.455 bits per heavy atom. The van der Waals surface area contributed by atoms with Gasteiger partial charge in [0.15, 0.2) is 0 Å². The second-order valence-electron chi connectivity index (χ2n) is 29.2. The number of hydrogen-bond donors (Lipinski definition) is 6. The van der Waals surface area contributed by atoms with E-state index in [1.54, 1.807) is 6.07 Å². The monoisotopic (exact) mass is 1440 g/mol. The zero-order valence-electron chi connectivity index (χ0n) is 61.5. The lowest BCUT2D eigenvalue weighted by Crippen LogP contribution is -2.20. The summed E-state index contributed by atoms with van der Waals surface area (Å²) in [6.07, 6.45) is 16.7. The van der Waals surface area contributed by atoms with Crippen molar-refractivity contribution in [2.24, 2.45) is 0 Å². The first kappa shape index (κ1) is 67.7. The number of benzene rings is 9. The van der Waals surface area contributed by atoms with E-state index in [-0.39, 0.29) is 0 Å². The number of aromatic nitrogens is 8. The molecule has 0 radical (unpaired) electrons. The van der Waals surface area contributed by atoms with Crippen molar-refractivity contribution in [3.8, 4) is 89.0 Å². The molecule has 0 fully saturated rings. The molecule has 9 aromatic carbocycles. The lowest BCUT2D eigenvalue weighted by atomic mass is 9.84. The van der Waals surface area contributed by atoms with Crippen molar-refractivity contribution >= 4 is 116 Å². The van der Waals surface area contributed by atoms with Gasteiger partial charge in [-0.25, -0.2) is 19.9 Å². The van der Waals surface area contributed by atoms with E-state index in [2.05, 4.69) is 246 Å². The highest BCUT2D eigenvalue weighted by Crippen LogP contribution is 2.44.